The van der Waals surface area contributed by atoms with Crippen LogP contribution in [0.3, 0.4) is 0 Å². The van der Waals surface area contributed by atoms with Gasteiger partial charge in [-0.1, -0.05) is 24.5 Å². The monoisotopic (exact) mass is 291 g/mol. The Morgan fingerprint density at radius 1 is 1.29 bits per heavy atom. The van der Waals surface area contributed by atoms with Crippen LogP contribution < -0.4 is 4.74 Å². The van der Waals surface area contributed by atoms with E-state index in [0.717, 1.165) is 37.1 Å². The van der Waals surface area contributed by atoms with E-state index in [4.69, 9.17) is 4.74 Å². The average molecular weight is 291 g/mol. The molecule has 0 spiro atoms. The number of aliphatic hydroxyl groups is 1. The van der Waals surface area contributed by atoms with E-state index in [-0.39, 0.29) is 12.5 Å². The van der Waals surface area contributed by atoms with E-state index in [1.54, 1.807) is 6.92 Å². The minimum absolute atomic E-state index is 0.0361. The Morgan fingerprint density at radius 2 is 1.95 bits per heavy atom. The summed E-state index contributed by atoms with van der Waals surface area (Å²) in [6.07, 6.45) is 3.96. The van der Waals surface area contributed by atoms with Gasteiger partial charge in [-0.2, -0.15) is 0 Å². The topological polar surface area (TPSA) is 49.8 Å². The van der Waals surface area contributed by atoms with Gasteiger partial charge in [-0.15, -0.1) is 0 Å². The molecule has 0 radical (unpaired) electrons. The lowest BCUT2D eigenvalue weighted by molar-refractivity contribution is -0.133. The molecule has 1 aromatic carbocycles. The SMILES string of the molecule is Cc1ccc(OCC(=O)N2CCCCCC2)c([C@H](C)O)c1. The van der Waals surface area contributed by atoms with Crippen molar-refractivity contribution < 1.29 is 14.6 Å². The Kier molecular flexibility index (Phi) is 5.62. The van der Waals surface area contributed by atoms with Crippen molar-refractivity contribution in [1.82, 2.24) is 4.90 Å². The Hall–Kier alpha value is -1.55. The fourth-order valence-corrected chi connectivity index (χ4v) is 2.68. The molecule has 0 saturated carbocycles. The Labute approximate surface area is 126 Å². The van der Waals surface area contributed by atoms with Crippen LogP contribution in [0.15, 0.2) is 18.2 Å². The Balaban J connectivity index is 1.97. The van der Waals surface area contributed by atoms with E-state index >= 15 is 0 Å². The molecule has 1 aliphatic rings. The number of aryl methyl sites for hydroxylation is 1. The molecule has 1 aliphatic heterocycles. The number of likely N-dealkylation sites (tertiary alicyclic amines) is 1. The van der Waals surface area contributed by atoms with Crippen LogP contribution in [0, 0.1) is 6.92 Å². The van der Waals surface area contributed by atoms with Crippen molar-refractivity contribution >= 4 is 5.91 Å². The molecule has 4 heteroatoms. The summed E-state index contributed by atoms with van der Waals surface area (Å²) in [5.41, 5.74) is 1.80. The number of carbonyl (C=O) groups is 1. The van der Waals surface area contributed by atoms with Crippen molar-refractivity contribution in [2.75, 3.05) is 19.7 Å². The molecule has 116 valence electrons. The van der Waals surface area contributed by atoms with Crippen molar-refractivity contribution in [2.45, 2.75) is 45.6 Å². The van der Waals surface area contributed by atoms with Crippen LogP contribution in [0.4, 0.5) is 0 Å². The van der Waals surface area contributed by atoms with Crippen LogP contribution in [0.25, 0.3) is 0 Å². The first-order chi connectivity index (χ1) is 10.1. The van der Waals surface area contributed by atoms with Crippen molar-refractivity contribution in [2.24, 2.45) is 0 Å². The van der Waals surface area contributed by atoms with Gasteiger partial charge < -0.3 is 14.7 Å². The summed E-state index contributed by atoms with van der Waals surface area (Å²) in [7, 11) is 0. The van der Waals surface area contributed by atoms with Gasteiger partial charge >= 0.3 is 0 Å². The number of carbonyl (C=O) groups excluding carboxylic acids is 1. The smallest absolute Gasteiger partial charge is 0.260 e. The molecule has 1 N–H and O–H groups in total. The highest BCUT2D eigenvalue weighted by atomic mass is 16.5. The highest BCUT2D eigenvalue weighted by molar-refractivity contribution is 5.77. The minimum Gasteiger partial charge on any atom is -0.483 e. The van der Waals surface area contributed by atoms with Gasteiger partial charge in [0.1, 0.15) is 5.75 Å². The standard InChI is InChI=1S/C17H25NO3/c1-13-7-8-16(15(11-13)14(2)19)21-12-17(20)18-9-5-3-4-6-10-18/h7-8,11,14,19H,3-6,9-10,12H2,1-2H3/t14-/m0/s1. The highest BCUT2D eigenvalue weighted by Gasteiger charge is 2.17. The van der Waals surface area contributed by atoms with E-state index in [0.29, 0.717) is 5.75 Å². The van der Waals surface area contributed by atoms with Crippen LogP contribution in [0.1, 0.15) is 49.8 Å². The van der Waals surface area contributed by atoms with Crippen molar-refractivity contribution in [3.8, 4) is 5.75 Å². The van der Waals surface area contributed by atoms with Gasteiger partial charge in [0.25, 0.3) is 5.91 Å². The molecule has 2 rings (SSSR count). The van der Waals surface area contributed by atoms with Crippen molar-refractivity contribution in [3.63, 3.8) is 0 Å². The molecule has 1 atom stereocenters. The fraction of sp³-hybridized carbons (Fsp3) is 0.588. The van der Waals surface area contributed by atoms with Gasteiger partial charge in [-0.05, 0) is 38.8 Å². The summed E-state index contributed by atoms with van der Waals surface area (Å²) in [6, 6.07) is 5.65. The summed E-state index contributed by atoms with van der Waals surface area (Å²) < 4.78 is 5.66. The lowest BCUT2D eigenvalue weighted by atomic mass is 10.1. The van der Waals surface area contributed by atoms with Crippen LogP contribution in [-0.2, 0) is 4.79 Å². The number of hydrogen-bond acceptors (Lipinski definition) is 3. The molecule has 1 heterocycles. The molecule has 4 nitrogen and oxygen atoms in total. The maximum atomic E-state index is 12.2. The Morgan fingerprint density at radius 3 is 2.57 bits per heavy atom. The molecule has 0 aliphatic carbocycles. The van der Waals surface area contributed by atoms with Crippen molar-refractivity contribution in [3.05, 3.63) is 29.3 Å². The second kappa shape index (κ2) is 7.46. The summed E-state index contributed by atoms with van der Waals surface area (Å²) in [5, 5.41) is 9.80. The van der Waals surface area contributed by atoms with Gasteiger partial charge in [-0.25, -0.2) is 0 Å². The number of benzene rings is 1. The van der Waals surface area contributed by atoms with Crippen LogP contribution in [-0.4, -0.2) is 35.6 Å². The number of nitrogens with zero attached hydrogens (tertiary/aromatic N) is 1. The molecule has 0 aromatic heterocycles. The third kappa shape index (κ3) is 4.46. The van der Waals surface area contributed by atoms with Crippen LogP contribution in [0.2, 0.25) is 0 Å². The first-order valence-corrected chi connectivity index (χ1v) is 7.77. The molecule has 1 fully saturated rings. The number of hydrogen-bond donors (Lipinski definition) is 1. The van der Waals surface area contributed by atoms with Crippen molar-refractivity contribution in [1.29, 1.82) is 0 Å². The second-order valence-corrected chi connectivity index (χ2v) is 5.80. The molecule has 1 aromatic rings. The normalized spacial score (nSPS) is 17.2. The average Bonchev–Trinajstić information content (AvgIpc) is 2.74. The van der Waals surface area contributed by atoms with E-state index < -0.39 is 6.10 Å². The Bertz CT molecular complexity index is 477. The van der Waals surface area contributed by atoms with Gasteiger partial charge in [0.15, 0.2) is 6.61 Å². The zero-order chi connectivity index (χ0) is 15.2. The van der Waals surface area contributed by atoms with Gasteiger partial charge in [-0.3, -0.25) is 4.79 Å². The van der Waals surface area contributed by atoms with E-state index in [2.05, 4.69) is 0 Å². The summed E-state index contributed by atoms with van der Waals surface area (Å²) in [6.45, 7) is 5.39. The largest absolute Gasteiger partial charge is 0.483 e. The minimum atomic E-state index is -0.604. The molecule has 0 bridgehead atoms. The number of rotatable bonds is 4. The van der Waals surface area contributed by atoms with E-state index in [9.17, 15) is 9.90 Å². The van der Waals surface area contributed by atoms with Gasteiger partial charge in [0.2, 0.25) is 0 Å². The predicted molar refractivity (Wildman–Crippen MR) is 82.4 cm³/mol. The van der Waals surface area contributed by atoms with Crippen LogP contribution >= 0.6 is 0 Å². The summed E-state index contributed by atoms with van der Waals surface area (Å²) >= 11 is 0. The number of amides is 1. The molecule has 1 amide bonds. The molecule has 21 heavy (non-hydrogen) atoms. The first-order valence-electron chi connectivity index (χ1n) is 7.77. The quantitative estimate of drug-likeness (QED) is 0.928. The third-order valence-corrected chi connectivity index (χ3v) is 3.93. The molecule has 0 unspecified atom stereocenters. The second-order valence-electron chi connectivity index (χ2n) is 5.80. The molecular weight excluding hydrogens is 266 g/mol. The van der Waals surface area contributed by atoms with E-state index in [1.807, 2.05) is 30.0 Å². The highest BCUT2D eigenvalue weighted by Crippen LogP contribution is 2.26. The van der Waals surface area contributed by atoms with Gasteiger partial charge in [0, 0.05) is 18.7 Å². The molecular formula is C17H25NO3. The third-order valence-electron chi connectivity index (χ3n) is 3.93. The maximum Gasteiger partial charge on any atom is 0.260 e. The van der Waals surface area contributed by atoms with Crippen LogP contribution in [0.5, 0.6) is 5.75 Å². The van der Waals surface area contributed by atoms with Gasteiger partial charge in [0.05, 0.1) is 6.10 Å². The van der Waals surface area contributed by atoms with E-state index in [1.165, 1.54) is 12.8 Å². The summed E-state index contributed by atoms with van der Waals surface area (Å²) in [4.78, 5) is 14.1. The first kappa shape index (κ1) is 15.8. The maximum absolute atomic E-state index is 12.2. The number of ether oxygens (including phenoxy) is 1. The predicted octanol–water partition coefficient (Wildman–Crippen LogP) is 2.83. The fourth-order valence-electron chi connectivity index (χ4n) is 2.68. The lowest BCUT2D eigenvalue weighted by Crippen LogP contribution is -2.35. The molecule has 1 saturated heterocycles. The zero-order valence-electron chi connectivity index (χ0n) is 13.0. The lowest BCUT2D eigenvalue weighted by Gasteiger charge is -2.21. The number of aliphatic hydroxyl groups excluding tert-OH is 1. The zero-order valence-corrected chi connectivity index (χ0v) is 13.0. The summed E-state index contributed by atoms with van der Waals surface area (Å²) in [5.74, 6) is 0.632.